The van der Waals surface area contributed by atoms with Gasteiger partial charge in [0.25, 0.3) is 35.0 Å². The Labute approximate surface area is 211 Å². The van der Waals surface area contributed by atoms with Crippen LogP contribution in [0.5, 0.6) is 0 Å². The van der Waals surface area contributed by atoms with Crippen molar-refractivity contribution in [2.24, 2.45) is 0 Å². The van der Waals surface area contributed by atoms with Crippen LogP contribution in [0.2, 0.25) is 0 Å². The van der Waals surface area contributed by atoms with Crippen LogP contribution in [0.4, 0.5) is 22.7 Å². The smallest absolute Gasteiger partial charge is 0.268 e. The van der Waals surface area contributed by atoms with Crippen molar-refractivity contribution in [2.75, 3.05) is 9.80 Å². The zero-order chi connectivity index (χ0) is 26.9. The van der Waals surface area contributed by atoms with Crippen LogP contribution in [0.3, 0.4) is 0 Å². The van der Waals surface area contributed by atoms with E-state index in [2.05, 4.69) is 0 Å². The lowest BCUT2D eigenvalue weighted by Gasteiger charge is -2.31. The number of non-ortho nitro benzene ring substituents is 2. The number of carbonyl (C=O) groups is 4. The first kappa shape index (κ1) is 22.7. The third-order valence-electron chi connectivity index (χ3n) is 6.53. The van der Waals surface area contributed by atoms with Gasteiger partial charge in [0.15, 0.2) is 0 Å². The second-order valence-electron chi connectivity index (χ2n) is 8.51. The van der Waals surface area contributed by atoms with Gasteiger partial charge in [-0.1, -0.05) is 0 Å². The van der Waals surface area contributed by atoms with Gasteiger partial charge >= 0.3 is 0 Å². The predicted octanol–water partition coefficient (Wildman–Crippen LogP) is 4.26. The minimum absolute atomic E-state index is 0.0861. The number of rotatable bonds is 4. The normalized spacial score (nSPS) is 14.3. The number of hydrogen-bond donors (Lipinski definition) is 0. The molecule has 0 fully saturated rings. The van der Waals surface area contributed by atoms with Gasteiger partial charge in [-0.25, -0.2) is 9.80 Å². The largest absolute Gasteiger partial charge is 0.269 e. The molecule has 0 saturated heterocycles. The van der Waals surface area contributed by atoms with E-state index in [0.29, 0.717) is 0 Å². The van der Waals surface area contributed by atoms with E-state index in [1.165, 1.54) is 72.8 Å². The van der Waals surface area contributed by atoms with Crippen molar-refractivity contribution in [1.29, 1.82) is 0 Å². The van der Waals surface area contributed by atoms with Crippen molar-refractivity contribution in [2.45, 2.75) is 0 Å². The summed E-state index contributed by atoms with van der Waals surface area (Å²) in [5, 5.41) is 22.3. The monoisotopic (exact) mass is 508 g/mol. The third-order valence-corrected chi connectivity index (χ3v) is 6.53. The first-order valence-electron chi connectivity index (χ1n) is 11.0. The Kier molecular flexibility index (Phi) is 4.69. The number of nitrogens with zero attached hydrogens (tertiary/aromatic N) is 4. The molecule has 184 valence electrons. The molecule has 0 spiro atoms. The highest BCUT2D eigenvalue weighted by molar-refractivity contribution is 6.42. The van der Waals surface area contributed by atoms with E-state index in [0.717, 1.165) is 9.80 Å². The molecule has 2 aliphatic rings. The minimum atomic E-state index is -0.710. The van der Waals surface area contributed by atoms with E-state index in [1.807, 2.05) is 0 Å². The van der Waals surface area contributed by atoms with Crippen LogP contribution in [-0.4, -0.2) is 33.5 Å². The summed E-state index contributed by atoms with van der Waals surface area (Å²) in [5.74, 6) is -2.84. The van der Waals surface area contributed by atoms with Gasteiger partial charge in [0, 0.05) is 57.3 Å². The number of amides is 4. The SMILES string of the molecule is O=C1c2ccc3c4c(ccc(c24)C(=O)N1c1ccc([N+](=O)[O-])cc1)C(=O)N(c1ccc([N+](=O)[O-])cc1)C3=O. The Balaban J connectivity index is 1.48. The lowest BCUT2D eigenvalue weighted by atomic mass is 9.85. The van der Waals surface area contributed by atoms with Gasteiger partial charge in [-0.05, 0) is 48.5 Å². The van der Waals surface area contributed by atoms with Gasteiger partial charge in [-0.15, -0.1) is 0 Å². The molecule has 0 aliphatic carbocycles. The average Bonchev–Trinajstić information content (AvgIpc) is 2.91. The van der Waals surface area contributed by atoms with Crippen molar-refractivity contribution in [1.82, 2.24) is 0 Å². The molecule has 0 aromatic heterocycles. The van der Waals surface area contributed by atoms with Crippen molar-refractivity contribution in [3.8, 4) is 0 Å². The highest BCUT2D eigenvalue weighted by atomic mass is 16.6. The van der Waals surface area contributed by atoms with Crippen molar-refractivity contribution in [3.05, 3.63) is 115 Å². The Bertz CT molecular complexity index is 1590. The molecule has 6 rings (SSSR count). The minimum Gasteiger partial charge on any atom is -0.268 e. The van der Waals surface area contributed by atoms with E-state index >= 15 is 0 Å². The highest BCUT2D eigenvalue weighted by Crippen LogP contribution is 2.40. The van der Waals surface area contributed by atoms with E-state index in [-0.39, 0.29) is 55.8 Å². The van der Waals surface area contributed by atoms with Crippen LogP contribution in [0, 0.1) is 20.2 Å². The summed E-state index contributed by atoms with van der Waals surface area (Å²) in [5.41, 5.74) is 0.178. The van der Waals surface area contributed by atoms with Gasteiger partial charge in [0.05, 0.1) is 21.2 Å². The number of imide groups is 2. The van der Waals surface area contributed by atoms with Crippen LogP contribution in [0.15, 0.2) is 72.8 Å². The van der Waals surface area contributed by atoms with Crippen LogP contribution in [-0.2, 0) is 0 Å². The molecule has 38 heavy (non-hydrogen) atoms. The van der Waals surface area contributed by atoms with Crippen LogP contribution in [0.25, 0.3) is 10.8 Å². The maximum Gasteiger partial charge on any atom is 0.269 e. The molecule has 0 unspecified atom stereocenters. The van der Waals surface area contributed by atoms with E-state index in [9.17, 15) is 39.4 Å². The van der Waals surface area contributed by atoms with Gasteiger partial charge in [0.1, 0.15) is 0 Å². The fourth-order valence-corrected chi connectivity index (χ4v) is 4.79. The van der Waals surface area contributed by atoms with Gasteiger partial charge < -0.3 is 0 Å². The summed E-state index contributed by atoms with van der Waals surface area (Å²) in [6.07, 6.45) is 0. The molecule has 0 N–H and O–H groups in total. The lowest BCUT2D eigenvalue weighted by Crippen LogP contribution is -2.43. The van der Waals surface area contributed by atoms with E-state index in [1.54, 1.807) is 0 Å². The molecule has 2 aliphatic heterocycles. The topological polar surface area (TPSA) is 161 Å². The predicted molar refractivity (Wildman–Crippen MR) is 132 cm³/mol. The van der Waals surface area contributed by atoms with Gasteiger partial charge in [-0.2, -0.15) is 0 Å². The molecule has 0 bridgehead atoms. The third kappa shape index (κ3) is 3.03. The summed E-state index contributed by atoms with van der Waals surface area (Å²) in [7, 11) is 0. The molecule has 4 aromatic rings. The molecule has 4 amide bonds. The van der Waals surface area contributed by atoms with Gasteiger partial charge in [0.2, 0.25) is 0 Å². The first-order chi connectivity index (χ1) is 18.2. The van der Waals surface area contributed by atoms with Gasteiger partial charge in [-0.3, -0.25) is 39.4 Å². The molecular weight excluding hydrogens is 496 g/mol. The maximum absolute atomic E-state index is 13.4. The molecule has 12 nitrogen and oxygen atoms in total. The highest BCUT2D eigenvalue weighted by Gasteiger charge is 2.40. The second kappa shape index (κ2) is 7.86. The van der Waals surface area contributed by atoms with Crippen LogP contribution < -0.4 is 9.80 Å². The Hall–Kier alpha value is -5.78. The van der Waals surface area contributed by atoms with Crippen molar-refractivity contribution in [3.63, 3.8) is 0 Å². The summed E-state index contributed by atoms with van der Waals surface area (Å²) in [6, 6.07) is 15.4. The molecule has 0 radical (unpaired) electrons. The van der Waals surface area contributed by atoms with E-state index in [4.69, 9.17) is 0 Å². The number of anilines is 2. The van der Waals surface area contributed by atoms with Crippen LogP contribution >= 0.6 is 0 Å². The van der Waals surface area contributed by atoms with Crippen LogP contribution in [0.1, 0.15) is 41.4 Å². The molecule has 2 heterocycles. The van der Waals surface area contributed by atoms with Crippen molar-refractivity contribution >= 4 is 57.2 Å². The lowest BCUT2D eigenvalue weighted by molar-refractivity contribution is -0.385. The number of hydrogen-bond acceptors (Lipinski definition) is 8. The molecule has 0 saturated carbocycles. The summed E-state index contributed by atoms with van der Waals surface area (Å²) >= 11 is 0. The first-order valence-corrected chi connectivity index (χ1v) is 11.0. The Morgan fingerprint density at radius 3 is 0.947 bits per heavy atom. The summed E-state index contributed by atoms with van der Waals surface area (Å²) in [4.78, 5) is 76.3. The number of nitro benzene ring substituents is 2. The fourth-order valence-electron chi connectivity index (χ4n) is 4.79. The molecular formula is C26H12N4O8. The zero-order valence-electron chi connectivity index (χ0n) is 19.0. The molecule has 0 atom stereocenters. The molecule has 4 aromatic carbocycles. The number of carbonyl (C=O) groups excluding carboxylic acids is 4. The maximum atomic E-state index is 13.4. The standard InChI is InChI=1S/C26H12N4O8/c31-23-17-9-11-19-22-20(26(34)28(25(19)33)14-3-7-16(8-4-14)30(37)38)12-10-18(21(17)22)24(32)27(23)13-1-5-15(6-2-13)29(35)36/h1-12H. The zero-order valence-corrected chi connectivity index (χ0v) is 19.0. The fraction of sp³-hybridized carbons (Fsp3) is 0. The second-order valence-corrected chi connectivity index (χ2v) is 8.51. The number of nitro groups is 2. The summed E-state index contributed by atoms with van der Waals surface area (Å²) < 4.78 is 0. The number of benzene rings is 4. The van der Waals surface area contributed by atoms with Crippen molar-refractivity contribution < 1.29 is 29.0 Å². The quantitative estimate of drug-likeness (QED) is 0.224. The average molecular weight is 508 g/mol. The Morgan fingerprint density at radius 1 is 0.447 bits per heavy atom. The summed E-state index contributed by atoms with van der Waals surface area (Å²) in [6.45, 7) is 0. The Morgan fingerprint density at radius 2 is 0.711 bits per heavy atom. The van der Waals surface area contributed by atoms with E-state index < -0.39 is 33.5 Å². The molecule has 12 heteroatoms.